The van der Waals surface area contributed by atoms with Crippen LogP contribution in [0, 0.1) is 5.92 Å². The summed E-state index contributed by atoms with van der Waals surface area (Å²) in [6.45, 7) is 6.44. The van der Waals surface area contributed by atoms with Gasteiger partial charge in [0.05, 0.1) is 5.69 Å². The minimum atomic E-state index is 0.151. The molecular formula is C13H19BrN2. The molecule has 0 aliphatic carbocycles. The van der Waals surface area contributed by atoms with Crippen LogP contribution in [0.25, 0.3) is 0 Å². The molecule has 0 bridgehead atoms. The molecule has 1 aromatic rings. The highest BCUT2D eigenvalue weighted by Crippen LogP contribution is 2.40. The maximum Gasteiger partial charge on any atom is 0.0515 e. The lowest BCUT2D eigenvalue weighted by molar-refractivity contribution is 0.373. The zero-order valence-corrected chi connectivity index (χ0v) is 11.5. The van der Waals surface area contributed by atoms with Gasteiger partial charge in [0, 0.05) is 16.6 Å². The van der Waals surface area contributed by atoms with Gasteiger partial charge in [-0.2, -0.15) is 0 Å². The predicted octanol–water partition coefficient (Wildman–Crippen LogP) is 3.01. The highest BCUT2D eigenvalue weighted by atomic mass is 79.9. The van der Waals surface area contributed by atoms with E-state index in [1.54, 1.807) is 0 Å². The van der Waals surface area contributed by atoms with Crippen molar-refractivity contribution >= 4 is 21.6 Å². The third kappa shape index (κ3) is 1.87. The fraction of sp³-hybridized carbons (Fsp3) is 0.538. The Morgan fingerprint density at radius 2 is 2.12 bits per heavy atom. The average molecular weight is 283 g/mol. The van der Waals surface area contributed by atoms with E-state index in [1.807, 2.05) is 0 Å². The van der Waals surface area contributed by atoms with Gasteiger partial charge in [-0.3, -0.25) is 0 Å². The molecule has 1 aromatic carbocycles. The van der Waals surface area contributed by atoms with E-state index in [0.29, 0.717) is 5.92 Å². The molecule has 0 amide bonds. The quantitative estimate of drug-likeness (QED) is 0.904. The molecular weight excluding hydrogens is 264 g/mol. The first-order valence-corrected chi connectivity index (χ1v) is 6.59. The van der Waals surface area contributed by atoms with Crippen molar-refractivity contribution in [1.29, 1.82) is 0 Å². The van der Waals surface area contributed by atoms with Crippen LogP contribution >= 0.6 is 15.9 Å². The summed E-state index contributed by atoms with van der Waals surface area (Å²) in [6.07, 6.45) is 1.19. The minimum absolute atomic E-state index is 0.151. The van der Waals surface area contributed by atoms with Crippen molar-refractivity contribution in [2.75, 3.05) is 18.0 Å². The zero-order chi connectivity index (χ0) is 11.8. The Morgan fingerprint density at radius 1 is 1.44 bits per heavy atom. The molecule has 1 atom stereocenters. The highest BCUT2D eigenvalue weighted by Gasteiger charge is 2.40. The van der Waals surface area contributed by atoms with Crippen molar-refractivity contribution < 1.29 is 0 Å². The number of rotatable bonds is 2. The van der Waals surface area contributed by atoms with Crippen LogP contribution in [0.5, 0.6) is 0 Å². The first-order chi connectivity index (χ1) is 7.57. The fourth-order valence-electron chi connectivity index (χ4n) is 2.65. The zero-order valence-electron chi connectivity index (χ0n) is 9.91. The molecule has 2 N–H and O–H groups in total. The number of nitrogens with two attached hydrogens (primary N) is 1. The van der Waals surface area contributed by atoms with Crippen LogP contribution in [0.1, 0.15) is 20.3 Å². The van der Waals surface area contributed by atoms with Gasteiger partial charge in [0.1, 0.15) is 0 Å². The number of benzene rings is 1. The predicted molar refractivity (Wildman–Crippen MR) is 72.7 cm³/mol. The van der Waals surface area contributed by atoms with Crippen molar-refractivity contribution in [1.82, 2.24) is 0 Å². The molecule has 1 saturated heterocycles. The van der Waals surface area contributed by atoms with Crippen molar-refractivity contribution in [2.45, 2.75) is 25.8 Å². The van der Waals surface area contributed by atoms with Crippen molar-refractivity contribution in [2.24, 2.45) is 11.7 Å². The fourth-order valence-corrected chi connectivity index (χ4v) is 3.15. The summed E-state index contributed by atoms with van der Waals surface area (Å²) in [5.41, 5.74) is 7.28. The van der Waals surface area contributed by atoms with E-state index in [9.17, 15) is 0 Å². The molecule has 2 nitrogen and oxygen atoms in total. The first kappa shape index (κ1) is 11.9. The third-order valence-electron chi connectivity index (χ3n) is 3.82. The first-order valence-electron chi connectivity index (χ1n) is 5.79. The molecule has 0 radical (unpaired) electrons. The summed E-state index contributed by atoms with van der Waals surface area (Å²) in [5, 5.41) is 0. The molecule has 0 saturated carbocycles. The van der Waals surface area contributed by atoms with Crippen LogP contribution in [0.3, 0.4) is 0 Å². The minimum Gasteiger partial charge on any atom is -0.365 e. The summed E-state index contributed by atoms with van der Waals surface area (Å²) in [5.74, 6) is 0.583. The largest absolute Gasteiger partial charge is 0.365 e. The van der Waals surface area contributed by atoms with Gasteiger partial charge in [-0.25, -0.2) is 0 Å². The summed E-state index contributed by atoms with van der Waals surface area (Å²) in [7, 11) is 0. The van der Waals surface area contributed by atoms with Gasteiger partial charge >= 0.3 is 0 Å². The van der Waals surface area contributed by atoms with Crippen molar-refractivity contribution in [3.63, 3.8) is 0 Å². The van der Waals surface area contributed by atoms with Crippen LogP contribution in [0.15, 0.2) is 28.7 Å². The summed E-state index contributed by atoms with van der Waals surface area (Å²) in [6, 6.07) is 8.41. The van der Waals surface area contributed by atoms with E-state index in [2.05, 4.69) is 58.9 Å². The van der Waals surface area contributed by atoms with E-state index in [-0.39, 0.29) is 5.54 Å². The molecule has 1 fully saturated rings. The maximum atomic E-state index is 5.85. The second-order valence-electron chi connectivity index (χ2n) is 4.98. The Kier molecular flexibility index (Phi) is 3.27. The number of anilines is 1. The van der Waals surface area contributed by atoms with Gasteiger partial charge in [0.25, 0.3) is 0 Å². The van der Waals surface area contributed by atoms with Crippen LogP contribution < -0.4 is 10.6 Å². The summed E-state index contributed by atoms with van der Waals surface area (Å²) < 4.78 is 1.17. The topological polar surface area (TPSA) is 29.3 Å². The SMILES string of the molecule is CC1(C)C(CN)CCN1c1ccccc1Br. The number of para-hydroxylation sites is 1. The monoisotopic (exact) mass is 282 g/mol. The summed E-state index contributed by atoms with van der Waals surface area (Å²) in [4.78, 5) is 2.47. The number of hydrogen-bond acceptors (Lipinski definition) is 2. The summed E-state index contributed by atoms with van der Waals surface area (Å²) >= 11 is 3.63. The Morgan fingerprint density at radius 3 is 2.69 bits per heavy atom. The van der Waals surface area contributed by atoms with Crippen molar-refractivity contribution in [3.8, 4) is 0 Å². The van der Waals surface area contributed by atoms with Crippen LogP contribution in [-0.2, 0) is 0 Å². The lowest BCUT2D eigenvalue weighted by Crippen LogP contribution is -2.44. The van der Waals surface area contributed by atoms with Gasteiger partial charge in [-0.15, -0.1) is 0 Å². The highest BCUT2D eigenvalue weighted by molar-refractivity contribution is 9.10. The normalized spacial score (nSPS) is 23.8. The maximum absolute atomic E-state index is 5.85. The van der Waals surface area contributed by atoms with E-state index in [0.717, 1.165) is 13.1 Å². The molecule has 1 aliphatic rings. The molecule has 1 aliphatic heterocycles. The van der Waals surface area contributed by atoms with Gasteiger partial charge in [0.2, 0.25) is 0 Å². The molecule has 2 rings (SSSR count). The van der Waals surface area contributed by atoms with E-state index >= 15 is 0 Å². The molecule has 0 spiro atoms. The van der Waals surface area contributed by atoms with Gasteiger partial charge in [-0.05, 0) is 60.8 Å². The second kappa shape index (κ2) is 4.38. The number of nitrogens with zero attached hydrogens (tertiary/aromatic N) is 1. The Hall–Kier alpha value is -0.540. The molecule has 3 heteroatoms. The van der Waals surface area contributed by atoms with E-state index in [1.165, 1.54) is 16.6 Å². The van der Waals surface area contributed by atoms with Crippen molar-refractivity contribution in [3.05, 3.63) is 28.7 Å². The Labute approximate surface area is 106 Å². The number of hydrogen-bond donors (Lipinski definition) is 1. The average Bonchev–Trinajstić information content (AvgIpc) is 2.54. The van der Waals surface area contributed by atoms with Crippen LogP contribution in [0.2, 0.25) is 0 Å². The third-order valence-corrected chi connectivity index (χ3v) is 4.49. The smallest absolute Gasteiger partial charge is 0.0515 e. The van der Waals surface area contributed by atoms with Gasteiger partial charge in [0.15, 0.2) is 0 Å². The van der Waals surface area contributed by atoms with E-state index in [4.69, 9.17) is 5.73 Å². The molecule has 1 heterocycles. The lowest BCUT2D eigenvalue weighted by Gasteiger charge is -2.38. The van der Waals surface area contributed by atoms with Gasteiger partial charge in [-0.1, -0.05) is 12.1 Å². The standard InChI is InChI=1S/C13H19BrN2/c1-13(2)10(9-15)7-8-16(13)12-6-4-3-5-11(12)14/h3-6,10H,7-9,15H2,1-2H3. The Balaban J connectivity index is 2.33. The molecule has 88 valence electrons. The van der Waals surface area contributed by atoms with Gasteiger partial charge < -0.3 is 10.6 Å². The van der Waals surface area contributed by atoms with E-state index < -0.39 is 0 Å². The second-order valence-corrected chi connectivity index (χ2v) is 5.83. The van der Waals surface area contributed by atoms with Crippen LogP contribution in [0.4, 0.5) is 5.69 Å². The molecule has 1 unspecified atom stereocenters. The Bertz CT molecular complexity index is 376. The molecule has 16 heavy (non-hydrogen) atoms. The lowest BCUT2D eigenvalue weighted by atomic mass is 9.88. The van der Waals surface area contributed by atoms with Crippen LogP contribution in [-0.4, -0.2) is 18.6 Å². The molecule has 0 aromatic heterocycles. The number of halogens is 1.